The molecule has 1 heterocycles. The highest BCUT2D eigenvalue weighted by atomic mass is 15.2. The summed E-state index contributed by atoms with van der Waals surface area (Å²) in [4.78, 5) is 5.31. The van der Waals surface area contributed by atoms with Crippen LogP contribution in [0, 0.1) is 17.2 Å². The van der Waals surface area contributed by atoms with Crippen molar-refractivity contribution in [2.24, 2.45) is 5.92 Å². The lowest BCUT2D eigenvalue weighted by Crippen LogP contribution is -2.43. The average molecular weight is 350 g/mol. The molecule has 3 aliphatic rings. The molecule has 0 spiro atoms. The van der Waals surface area contributed by atoms with Crippen molar-refractivity contribution >= 4 is 0 Å². The maximum absolute atomic E-state index is 9.21. The minimum absolute atomic E-state index is 0.389. The monoisotopic (exact) mass is 349 g/mol. The van der Waals surface area contributed by atoms with Gasteiger partial charge in [-0.15, -0.1) is 0 Å². The fourth-order valence-corrected chi connectivity index (χ4v) is 5.36. The Morgan fingerprint density at radius 2 is 2.27 bits per heavy atom. The van der Waals surface area contributed by atoms with Crippen molar-refractivity contribution in [2.75, 3.05) is 32.7 Å². The molecule has 0 saturated heterocycles. The van der Waals surface area contributed by atoms with Crippen molar-refractivity contribution in [3.05, 3.63) is 47.5 Å². The molecular formula is C23H31N3. The predicted molar refractivity (Wildman–Crippen MR) is 106 cm³/mol. The highest BCUT2D eigenvalue weighted by Gasteiger charge is 2.57. The number of hydrogen-bond acceptors (Lipinski definition) is 3. The second-order valence-electron chi connectivity index (χ2n) is 8.37. The van der Waals surface area contributed by atoms with Gasteiger partial charge in [-0.2, -0.15) is 5.26 Å². The van der Waals surface area contributed by atoms with E-state index in [-0.39, 0.29) is 0 Å². The fraction of sp³-hybridized carbons (Fsp3) is 0.609. The van der Waals surface area contributed by atoms with Crippen molar-refractivity contribution in [2.45, 2.75) is 50.5 Å². The topological polar surface area (TPSA) is 30.3 Å². The number of hydrogen-bond donors (Lipinski definition) is 0. The van der Waals surface area contributed by atoms with E-state index in [1.165, 1.54) is 57.3 Å². The van der Waals surface area contributed by atoms with Crippen molar-refractivity contribution in [3.8, 4) is 6.07 Å². The van der Waals surface area contributed by atoms with Gasteiger partial charge in [0, 0.05) is 32.2 Å². The minimum atomic E-state index is 0.389. The first-order valence-electron chi connectivity index (χ1n) is 10.4. The Morgan fingerprint density at radius 1 is 1.35 bits per heavy atom. The van der Waals surface area contributed by atoms with Gasteiger partial charge in [0.15, 0.2) is 0 Å². The van der Waals surface area contributed by atoms with Gasteiger partial charge in [-0.1, -0.05) is 31.2 Å². The summed E-state index contributed by atoms with van der Waals surface area (Å²) in [5.74, 6) is 0.821. The SMILES string of the molecule is CCN(CCN1CC=CCC1)C1CC[C@]2(c3cccc(C#N)c3)CC2C1. The number of rotatable bonds is 6. The third kappa shape index (κ3) is 3.46. The molecule has 1 aliphatic heterocycles. The van der Waals surface area contributed by atoms with Crippen LogP contribution in [0.15, 0.2) is 36.4 Å². The molecule has 3 nitrogen and oxygen atoms in total. The van der Waals surface area contributed by atoms with Crippen molar-refractivity contribution < 1.29 is 0 Å². The molecule has 1 aromatic carbocycles. The van der Waals surface area contributed by atoms with Gasteiger partial charge in [0.1, 0.15) is 0 Å². The molecular weight excluding hydrogens is 318 g/mol. The van der Waals surface area contributed by atoms with E-state index in [1.54, 1.807) is 0 Å². The van der Waals surface area contributed by atoms with Gasteiger partial charge >= 0.3 is 0 Å². The second-order valence-corrected chi connectivity index (χ2v) is 8.37. The van der Waals surface area contributed by atoms with Crippen LogP contribution in [0.4, 0.5) is 0 Å². The molecule has 3 atom stereocenters. The standard InChI is InChI=1S/C23H31N3/c1-2-26(14-13-25-11-4-3-5-12-25)22-9-10-23(17-21(23)16-22)20-8-6-7-19(15-20)18-24/h3-4,6-8,15,21-22H,2,5,9-14,16-17H2,1H3/t21?,22?,23-/m1/s1. The van der Waals surface area contributed by atoms with Gasteiger partial charge in [-0.3, -0.25) is 9.80 Å². The molecule has 138 valence electrons. The second kappa shape index (κ2) is 7.55. The average Bonchev–Trinajstić information content (AvgIpc) is 3.44. The van der Waals surface area contributed by atoms with E-state index in [0.29, 0.717) is 5.41 Å². The lowest BCUT2D eigenvalue weighted by molar-refractivity contribution is 0.133. The molecule has 1 aromatic rings. The summed E-state index contributed by atoms with van der Waals surface area (Å²) in [5.41, 5.74) is 2.62. The van der Waals surface area contributed by atoms with Crippen molar-refractivity contribution in [3.63, 3.8) is 0 Å². The molecule has 0 bridgehead atoms. The molecule has 0 N–H and O–H groups in total. The number of benzene rings is 1. The van der Waals surface area contributed by atoms with Crippen LogP contribution in [0.25, 0.3) is 0 Å². The molecule has 3 heteroatoms. The first-order chi connectivity index (χ1) is 12.7. The molecule has 0 aromatic heterocycles. The smallest absolute Gasteiger partial charge is 0.0991 e. The Hall–Kier alpha value is -1.63. The summed E-state index contributed by atoms with van der Waals surface area (Å²) in [6.45, 7) is 8.25. The summed E-state index contributed by atoms with van der Waals surface area (Å²) in [6, 6.07) is 11.4. The zero-order valence-electron chi connectivity index (χ0n) is 16.0. The molecule has 2 unspecified atom stereocenters. The Balaban J connectivity index is 1.35. The van der Waals surface area contributed by atoms with E-state index in [1.807, 2.05) is 6.07 Å². The highest BCUT2D eigenvalue weighted by molar-refractivity contribution is 5.41. The molecule has 0 radical (unpaired) electrons. The van der Waals surface area contributed by atoms with Gasteiger partial charge in [0.05, 0.1) is 11.6 Å². The first-order valence-corrected chi connectivity index (χ1v) is 10.4. The normalized spacial score (nSPS) is 30.8. The summed E-state index contributed by atoms with van der Waals surface area (Å²) >= 11 is 0. The Labute approximate surface area is 158 Å². The molecule has 26 heavy (non-hydrogen) atoms. The van der Waals surface area contributed by atoms with Gasteiger partial charge in [0.2, 0.25) is 0 Å². The maximum atomic E-state index is 9.21. The lowest BCUT2D eigenvalue weighted by Gasteiger charge is -2.37. The third-order valence-electron chi connectivity index (χ3n) is 7.05. The summed E-state index contributed by atoms with van der Waals surface area (Å²) < 4.78 is 0. The van der Waals surface area contributed by atoms with E-state index in [2.05, 4.69) is 53.1 Å². The third-order valence-corrected chi connectivity index (χ3v) is 7.05. The van der Waals surface area contributed by atoms with Crippen LogP contribution < -0.4 is 0 Å². The van der Waals surface area contributed by atoms with E-state index in [0.717, 1.165) is 30.6 Å². The summed E-state index contributed by atoms with van der Waals surface area (Å²) in [5, 5.41) is 9.21. The largest absolute Gasteiger partial charge is 0.299 e. The highest BCUT2D eigenvalue weighted by Crippen LogP contribution is 2.62. The van der Waals surface area contributed by atoms with E-state index in [4.69, 9.17) is 0 Å². The van der Waals surface area contributed by atoms with Gasteiger partial charge in [0.25, 0.3) is 0 Å². The maximum Gasteiger partial charge on any atom is 0.0991 e. The first kappa shape index (κ1) is 17.8. The Morgan fingerprint density at radius 3 is 3.00 bits per heavy atom. The van der Waals surface area contributed by atoms with E-state index < -0.39 is 0 Å². The summed E-state index contributed by atoms with van der Waals surface area (Å²) in [6.07, 6.45) is 11.1. The molecule has 2 aliphatic carbocycles. The van der Waals surface area contributed by atoms with Gasteiger partial charge in [-0.05, 0) is 67.7 Å². The lowest BCUT2D eigenvalue weighted by atomic mass is 9.80. The zero-order chi connectivity index (χ0) is 18.0. The van der Waals surface area contributed by atoms with Crippen LogP contribution in [0.3, 0.4) is 0 Å². The van der Waals surface area contributed by atoms with Crippen LogP contribution >= 0.6 is 0 Å². The van der Waals surface area contributed by atoms with E-state index in [9.17, 15) is 5.26 Å². The molecule has 2 fully saturated rings. The quantitative estimate of drug-likeness (QED) is 0.729. The Bertz CT molecular complexity index is 704. The molecule has 0 amide bonds. The number of nitriles is 1. The summed E-state index contributed by atoms with van der Waals surface area (Å²) in [7, 11) is 0. The fourth-order valence-electron chi connectivity index (χ4n) is 5.36. The Kier molecular flexibility index (Phi) is 5.16. The molecule has 2 saturated carbocycles. The minimum Gasteiger partial charge on any atom is -0.299 e. The number of likely N-dealkylation sites (N-methyl/N-ethyl adjacent to an activating group) is 1. The van der Waals surface area contributed by atoms with Gasteiger partial charge < -0.3 is 0 Å². The van der Waals surface area contributed by atoms with Crippen LogP contribution in [0.5, 0.6) is 0 Å². The predicted octanol–water partition coefficient (Wildman–Crippen LogP) is 3.95. The number of nitrogens with zero attached hydrogens (tertiary/aromatic N) is 3. The van der Waals surface area contributed by atoms with Crippen LogP contribution in [0.1, 0.15) is 50.2 Å². The van der Waals surface area contributed by atoms with Crippen LogP contribution in [-0.4, -0.2) is 48.6 Å². The van der Waals surface area contributed by atoms with Crippen LogP contribution in [0.2, 0.25) is 0 Å². The van der Waals surface area contributed by atoms with Crippen LogP contribution in [-0.2, 0) is 5.41 Å². The van der Waals surface area contributed by atoms with Crippen molar-refractivity contribution in [1.82, 2.24) is 9.80 Å². The van der Waals surface area contributed by atoms with Gasteiger partial charge in [-0.25, -0.2) is 0 Å². The number of fused-ring (bicyclic) bond motifs is 1. The molecule has 4 rings (SSSR count). The zero-order valence-corrected chi connectivity index (χ0v) is 16.0. The van der Waals surface area contributed by atoms with Crippen molar-refractivity contribution in [1.29, 1.82) is 5.26 Å². The van der Waals surface area contributed by atoms with E-state index >= 15 is 0 Å².